The van der Waals surface area contributed by atoms with E-state index in [2.05, 4.69) is 6.58 Å². The number of carboxylic acids is 1. The number of rotatable bonds is 3. The van der Waals surface area contributed by atoms with Crippen molar-refractivity contribution in [2.75, 3.05) is 0 Å². The van der Waals surface area contributed by atoms with E-state index in [1.165, 1.54) is 0 Å². The molecule has 0 aromatic carbocycles. The van der Waals surface area contributed by atoms with Crippen LogP contribution in [0.3, 0.4) is 0 Å². The predicted octanol–water partition coefficient (Wildman–Crippen LogP) is 0.414. The Kier molecular flexibility index (Phi) is 1.53. The first-order chi connectivity index (χ1) is 4.24. The molecule has 0 bridgehead atoms. The molecular weight excluding hydrogens is 120 g/mol. The van der Waals surface area contributed by atoms with E-state index in [4.69, 9.17) is 9.84 Å². The van der Waals surface area contributed by atoms with Gasteiger partial charge in [-0.3, -0.25) is 4.79 Å². The van der Waals surface area contributed by atoms with E-state index >= 15 is 0 Å². The van der Waals surface area contributed by atoms with Crippen LogP contribution in [0.1, 0.15) is 6.42 Å². The third-order valence-electron chi connectivity index (χ3n) is 1.23. The van der Waals surface area contributed by atoms with Crippen molar-refractivity contribution in [2.24, 2.45) is 0 Å². The molecule has 0 spiro atoms. The van der Waals surface area contributed by atoms with Gasteiger partial charge in [0.25, 0.3) is 0 Å². The first-order valence-corrected chi connectivity index (χ1v) is 2.74. The van der Waals surface area contributed by atoms with Crippen LogP contribution in [-0.2, 0) is 9.53 Å². The standard InChI is InChI=1S/C6H8O3/c1-2-4-5(9-4)3-6(7)8/h2,4-5H,1,3H2,(H,7,8)/t4-,5-/m1/s1. The van der Waals surface area contributed by atoms with E-state index in [0.717, 1.165) is 0 Å². The third kappa shape index (κ3) is 1.54. The van der Waals surface area contributed by atoms with E-state index in [9.17, 15) is 4.79 Å². The predicted molar refractivity (Wildman–Crippen MR) is 31.1 cm³/mol. The number of carbonyl (C=O) groups is 1. The van der Waals surface area contributed by atoms with Gasteiger partial charge in [0, 0.05) is 0 Å². The lowest BCUT2D eigenvalue weighted by Crippen LogP contribution is -2.01. The van der Waals surface area contributed by atoms with Gasteiger partial charge < -0.3 is 9.84 Å². The maximum atomic E-state index is 10.00. The van der Waals surface area contributed by atoms with Crippen LogP contribution in [0, 0.1) is 0 Å². The van der Waals surface area contributed by atoms with Crippen molar-refractivity contribution in [1.82, 2.24) is 0 Å². The van der Waals surface area contributed by atoms with Crippen LogP contribution in [0.15, 0.2) is 12.7 Å². The van der Waals surface area contributed by atoms with Crippen molar-refractivity contribution in [2.45, 2.75) is 18.6 Å². The Hall–Kier alpha value is -0.830. The molecule has 2 atom stereocenters. The molecule has 1 aliphatic rings. The molecule has 1 saturated heterocycles. The highest BCUT2D eigenvalue weighted by Gasteiger charge is 2.37. The summed E-state index contributed by atoms with van der Waals surface area (Å²) in [4.78, 5) is 10.00. The summed E-state index contributed by atoms with van der Waals surface area (Å²) in [5, 5.41) is 8.22. The molecule has 0 saturated carbocycles. The van der Waals surface area contributed by atoms with E-state index in [1.807, 2.05) is 0 Å². The van der Waals surface area contributed by atoms with Gasteiger partial charge in [-0.2, -0.15) is 0 Å². The van der Waals surface area contributed by atoms with Crippen LogP contribution < -0.4 is 0 Å². The number of carboxylic acid groups (broad SMARTS) is 1. The minimum atomic E-state index is -0.815. The lowest BCUT2D eigenvalue weighted by atomic mass is 10.2. The zero-order valence-electron chi connectivity index (χ0n) is 4.91. The Morgan fingerprint density at radius 3 is 2.89 bits per heavy atom. The molecular formula is C6H8O3. The molecule has 0 aromatic heterocycles. The molecule has 1 aliphatic heterocycles. The van der Waals surface area contributed by atoms with Crippen LogP contribution in [0.2, 0.25) is 0 Å². The maximum absolute atomic E-state index is 10.00. The Labute approximate surface area is 52.9 Å². The van der Waals surface area contributed by atoms with Gasteiger partial charge in [0.15, 0.2) is 0 Å². The molecule has 50 valence electrons. The van der Waals surface area contributed by atoms with Crippen molar-refractivity contribution in [3.8, 4) is 0 Å². The topological polar surface area (TPSA) is 49.8 Å². The highest BCUT2D eigenvalue weighted by molar-refractivity contribution is 5.68. The minimum absolute atomic E-state index is 0.0129. The molecule has 9 heavy (non-hydrogen) atoms. The minimum Gasteiger partial charge on any atom is -0.481 e. The van der Waals surface area contributed by atoms with Crippen molar-refractivity contribution in [3.63, 3.8) is 0 Å². The SMILES string of the molecule is C=C[C@H]1O[C@@H]1CC(=O)O. The normalized spacial score (nSPS) is 31.6. The van der Waals surface area contributed by atoms with Gasteiger partial charge >= 0.3 is 5.97 Å². The molecule has 1 N–H and O–H groups in total. The lowest BCUT2D eigenvalue weighted by molar-refractivity contribution is -0.137. The number of hydrogen-bond acceptors (Lipinski definition) is 2. The molecule has 0 amide bonds. The van der Waals surface area contributed by atoms with Crippen LogP contribution >= 0.6 is 0 Å². The van der Waals surface area contributed by atoms with Gasteiger partial charge in [0.1, 0.15) is 6.10 Å². The number of epoxide rings is 1. The fourth-order valence-corrected chi connectivity index (χ4v) is 0.700. The van der Waals surface area contributed by atoms with Crippen molar-refractivity contribution >= 4 is 5.97 Å². The van der Waals surface area contributed by atoms with Crippen LogP contribution in [-0.4, -0.2) is 23.3 Å². The van der Waals surface area contributed by atoms with E-state index < -0.39 is 5.97 Å². The molecule has 1 rings (SSSR count). The Morgan fingerprint density at radius 1 is 1.89 bits per heavy atom. The van der Waals surface area contributed by atoms with Gasteiger partial charge in [0.05, 0.1) is 12.5 Å². The summed E-state index contributed by atoms with van der Waals surface area (Å²) >= 11 is 0. The Balaban J connectivity index is 2.19. The first kappa shape index (κ1) is 6.29. The molecule has 0 aromatic rings. The summed E-state index contributed by atoms with van der Waals surface area (Å²) < 4.78 is 4.88. The number of hydrogen-bond donors (Lipinski definition) is 1. The highest BCUT2D eigenvalue weighted by Crippen LogP contribution is 2.25. The smallest absolute Gasteiger partial charge is 0.306 e. The molecule has 0 aliphatic carbocycles. The average molecular weight is 128 g/mol. The van der Waals surface area contributed by atoms with Crippen LogP contribution in [0.4, 0.5) is 0 Å². The molecule has 0 unspecified atom stereocenters. The summed E-state index contributed by atoms with van der Waals surface area (Å²) in [5.41, 5.74) is 0. The highest BCUT2D eigenvalue weighted by atomic mass is 16.6. The van der Waals surface area contributed by atoms with Gasteiger partial charge in [-0.15, -0.1) is 6.58 Å². The van der Waals surface area contributed by atoms with Gasteiger partial charge in [-0.1, -0.05) is 6.08 Å². The van der Waals surface area contributed by atoms with E-state index in [1.54, 1.807) is 6.08 Å². The molecule has 1 fully saturated rings. The monoisotopic (exact) mass is 128 g/mol. The zero-order valence-corrected chi connectivity index (χ0v) is 4.91. The summed E-state index contributed by atoms with van der Waals surface area (Å²) in [7, 11) is 0. The number of ether oxygens (including phenoxy) is 1. The van der Waals surface area contributed by atoms with Crippen LogP contribution in [0.5, 0.6) is 0 Å². The maximum Gasteiger partial charge on any atom is 0.306 e. The molecule has 1 heterocycles. The zero-order chi connectivity index (χ0) is 6.85. The van der Waals surface area contributed by atoms with E-state index in [-0.39, 0.29) is 18.6 Å². The molecule has 0 radical (unpaired) electrons. The largest absolute Gasteiger partial charge is 0.481 e. The van der Waals surface area contributed by atoms with Gasteiger partial charge in [-0.05, 0) is 0 Å². The fourth-order valence-electron chi connectivity index (χ4n) is 0.700. The third-order valence-corrected chi connectivity index (χ3v) is 1.23. The van der Waals surface area contributed by atoms with Crippen LogP contribution in [0.25, 0.3) is 0 Å². The van der Waals surface area contributed by atoms with Gasteiger partial charge in [0.2, 0.25) is 0 Å². The molecule has 3 nitrogen and oxygen atoms in total. The lowest BCUT2D eigenvalue weighted by Gasteiger charge is -1.82. The van der Waals surface area contributed by atoms with Crippen molar-refractivity contribution in [1.29, 1.82) is 0 Å². The second kappa shape index (κ2) is 2.19. The van der Waals surface area contributed by atoms with Crippen molar-refractivity contribution in [3.05, 3.63) is 12.7 Å². The average Bonchev–Trinajstić information content (AvgIpc) is 2.45. The Morgan fingerprint density at radius 2 is 2.56 bits per heavy atom. The van der Waals surface area contributed by atoms with Gasteiger partial charge in [-0.25, -0.2) is 0 Å². The molecule has 3 heteroatoms. The fraction of sp³-hybridized carbons (Fsp3) is 0.500. The summed E-state index contributed by atoms with van der Waals surface area (Å²) in [5.74, 6) is -0.815. The first-order valence-electron chi connectivity index (χ1n) is 2.74. The second-order valence-electron chi connectivity index (χ2n) is 1.97. The van der Waals surface area contributed by atoms with E-state index in [0.29, 0.717) is 0 Å². The summed E-state index contributed by atoms with van der Waals surface area (Å²) in [6, 6.07) is 0. The number of aliphatic carboxylic acids is 1. The second-order valence-corrected chi connectivity index (χ2v) is 1.97. The quantitative estimate of drug-likeness (QED) is 0.442. The summed E-state index contributed by atoms with van der Waals surface area (Å²) in [6.07, 6.45) is 1.59. The van der Waals surface area contributed by atoms with Crippen molar-refractivity contribution < 1.29 is 14.6 Å². The Bertz CT molecular complexity index is 141. The summed E-state index contributed by atoms with van der Waals surface area (Å²) in [6.45, 7) is 3.46.